The second-order valence-electron chi connectivity index (χ2n) is 3.55. The molecule has 0 atom stereocenters. The Bertz CT molecular complexity index is 615. The Labute approximate surface area is 92.4 Å². The van der Waals surface area contributed by atoms with Crippen LogP contribution in [0.2, 0.25) is 0 Å². The minimum Gasteiger partial charge on any atom is -0.473 e. The molecule has 2 nitrogen and oxygen atoms in total. The molecule has 0 saturated heterocycles. The molecule has 0 bridgehead atoms. The van der Waals surface area contributed by atoms with E-state index < -0.39 is 0 Å². The first-order valence-electron chi connectivity index (χ1n) is 5.09. The summed E-state index contributed by atoms with van der Waals surface area (Å²) in [7, 11) is 0. The van der Waals surface area contributed by atoms with Gasteiger partial charge in [0.05, 0.1) is 25.1 Å². The zero-order chi connectivity index (χ0) is 10.8. The van der Waals surface area contributed by atoms with Crippen molar-refractivity contribution in [1.82, 2.24) is 0 Å². The molecular weight excluding hydrogens is 200 g/mol. The lowest BCUT2D eigenvalue weighted by Crippen LogP contribution is -1.70. The van der Waals surface area contributed by atoms with Crippen molar-refractivity contribution in [2.24, 2.45) is 0 Å². The maximum Gasteiger partial charge on any atom is 0.0907 e. The van der Waals surface area contributed by atoms with Crippen molar-refractivity contribution < 1.29 is 8.83 Å². The molecule has 2 aromatic heterocycles. The lowest BCUT2D eigenvalue weighted by Gasteiger charge is -1.96. The molecule has 0 amide bonds. The van der Waals surface area contributed by atoms with E-state index in [1.165, 1.54) is 0 Å². The smallest absolute Gasteiger partial charge is 0.0907 e. The van der Waals surface area contributed by atoms with E-state index in [0.717, 1.165) is 21.5 Å². The fourth-order valence-electron chi connectivity index (χ4n) is 1.86. The largest absolute Gasteiger partial charge is 0.473 e. The lowest BCUT2D eigenvalue weighted by atomic mass is 10.1. The van der Waals surface area contributed by atoms with Crippen LogP contribution in [-0.4, -0.2) is 0 Å². The summed E-state index contributed by atoms with van der Waals surface area (Å²) in [6.07, 6.45) is 6.74. The second-order valence-corrected chi connectivity index (χ2v) is 3.55. The van der Waals surface area contributed by atoms with Gasteiger partial charge in [0.15, 0.2) is 0 Å². The molecular formula is C14H10O2. The molecule has 0 spiro atoms. The number of benzene rings is 1. The van der Waals surface area contributed by atoms with Gasteiger partial charge in [-0.25, -0.2) is 0 Å². The molecule has 3 rings (SSSR count). The molecule has 2 heterocycles. The van der Waals surface area contributed by atoms with Gasteiger partial charge in [0, 0.05) is 0 Å². The van der Waals surface area contributed by atoms with E-state index in [9.17, 15) is 0 Å². The highest BCUT2D eigenvalue weighted by Gasteiger charge is 1.97. The maximum absolute atomic E-state index is 5.16. The van der Waals surface area contributed by atoms with Crippen molar-refractivity contribution in [3.8, 4) is 0 Å². The fraction of sp³-hybridized carbons (Fsp3) is 0. The van der Waals surface area contributed by atoms with E-state index in [1.54, 1.807) is 25.1 Å². The van der Waals surface area contributed by atoms with Crippen molar-refractivity contribution in [2.75, 3.05) is 0 Å². The summed E-state index contributed by atoms with van der Waals surface area (Å²) in [5.41, 5.74) is 0. The highest BCUT2D eigenvalue weighted by molar-refractivity contribution is 6.06. The molecule has 0 unspecified atom stereocenters. The van der Waals surface area contributed by atoms with Crippen LogP contribution in [-0.2, 0) is 0 Å². The summed E-state index contributed by atoms with van der Waals surface area (Å²) in [5.74, 6) is 0. The standard InChI is InChI=1S/C14H10O2/c1-2-12-4-8-16-10-6-14(12)13-5-9-15-7-3-11(1)13/h1-10H. The molecule has 0 aliphatic rings. The third-order valence-corrected chi connectivity index (χ3v) is 2.63. The van der Waals surface area contributed by atoms with Crippen LogP contribution >= 0.6 is 0 Å². The molecule has 1 aromatic carbocycles. The zero-order valence-electron chi connectivity index (χ0n) is 8.59. The van der Waals surface area contributed by atoms with Crippen LogP contribution in [0.1, 0.15) is 0 Å². The summed E-state index contributed by atoms with van der Waals surface area (Å²) in [4.78, 5) is 0. The van der Waals surface area contributed by atoms with Gasteiger partial charge in [0.1, 0.15) is 0 Å². The SMILES string of the molecule is c1cc2ccc3ccoccc3c2cco1. The Morgan fingerprint density at radius 2 is 0.938 bits per heavy atom. The van der Waals surface area contributed by atoms with Gasteiger partial charge in [-0.1, -0.05) is 12.1 Å². The van der Waals surface area contributed by atoms with Crippen molar-refractivity contribution >= 4 is 21.5 Å². The lowest BCUT2D eigenvalue weighted by molar-refractivity contribution is 0.555. The van der Waals surface area contributed by atoms with E-state index in [1.807, 2.05) is 24.3 Å². The molecule has 0 N–H and O–H groups in total. The highest BCUT2D eigenvalue weighted by atomic mass is 16.3. The topological polar surface area (TPSA) is 26.3 Å². The third-order valence-electron chi connectivity index (χ3n) is 2.63. The predicted molar refractivity (Wildman–Crippen MR) is 63.6 cm³/mol. The quantitative estimate of drug-likeness (QED) is 0.552. The Morgan fingerprint density at radius 1 is 0.500 bits per heavy atom. The molecule has 3 aromatic rings. The first kappa shape index (κ1) is 9.04. The van der Waals surface area contributed by atoms with Crippen molar-refractivity contribution in [3.63, 3.8) is 0 Å². The van der Waals surface area contributed by atoms with Gasteiger partial charge < -0.3 is 8.83 Å². The molecule has 0 fully saturated rings. The summed E-state index contributed by atoms with van der Waals surface area (Å²) in [5, 5.41) is 4.59. The van der Waals surface area contributed by atoms with Crippen LogP contribution in [0.3, 0.4) is 0 Å². The van der Waals surface area contributed by atoms with Crippen LogP contribution in [0, 0.1) is 0 Å². The van der Waals surface area contributed by atoms with Crippen LogP contribution in [0.5, 0.6) is 0 Å². The summed E-state index contributed by atoms with van der Waals surface area (Å²) in [6, 6.07) is 12.0. The molecule has 2 heteroatoms. The van der Waals surface area contributed by atoms with Gasteiger partial charge in [0.2, 0.25) is 0 Å². The summed E-state index contributed by atoms with van der Waals surface area (Å²) in [6.45, 7) is 0. The molecule has 0 radical (unpaired) electrons. The van der Waals surface area contributed by atoms with Gasteiger partial charge in [-0.2, -0.15) is 0 Å². The van der Waals surface area contributed by atoms with E-state index >= 15 is 0 Å². The first-order valence-corrected chi connectivity index (χ1v) is 5.09. The van der Waals surface area contributed by atoms with Crippen molar-refractivity contribution in [3.05, 3.63) is 61.5 Å². The molecule has 0 aliphatic heterocycles. The van der Waals surface area contributed by atoms with Crippen LogP contribution in [0.15, 0.2) is 70.3 Å². The zero-order valence-corrected chi connectivity index (χ0v) is 8.59. The Balaban J connectivity index is 2.61. The fourth-order valence-corrected chi connectivity index (χ4v) is 1.86. The minimum atomic E-state index is 1.15. The van der Waals surface area contributed by atoms with E-state index in [4.69, 9.17) is 8.83 Å². The molecule has 0 saturated carbocycles. The Morgan fingerprint density at radius 3 is 1.44 bits per heavy atom. The minimum absolute atomic E-state index is 1.15. The van der Waals surface area contributed by atoms with Gasteiger partial charge in [0.25, 0.3) is 0 Å². The van der Waals surface area contributed by atoms with Crippen molar-refractivity contribution in [2.45, 2.75) is 0 Å². The van der Waals surface area contributed by atoms with E-state index in [2.05, 4.69) is 12.1 Å². The van der Waals surface area contributed by atoms with Crippen LogP contribution < -0.4 is 0 Å². The summed E-state index contributed by atoms with van der Waals surface area (Å²) >= 11 is 0. The van der Waals surface area contributed by atoms with Gasteiger partial charge in [-0.15, -0.1) is 0 Å². The summed E-state index contributed by atoms with van der Waals surface area (Å²) < 4.78 is 10.3. The van der Waals surface area contributed by atoms with Crippen LogP contribution in [0.25, 0.3) is 21.5 Å². The van der Waals surface area contributed by atoms with E-state index in [0.29, 0.717) is 0 Å². The van der Waals surface area contributed by atoms with Gasteiger partial charge in [-0.05, 0) is 45.8 Å². The maximum atomic E-state index is 5.16. The highest BCUT2D eigenvalue weighted by Crippen LogP contribution is 2.23. The van der Waals surface area contributed by atoms with E-state index in [-0.39, 0.29) is 0 Å². The average molecular weight is 210 g/mol. The monoisotopic (exact) mass is 210 g/mol. The number of hydrogen-bond donors (Lipinski definition) is 0. The molecule has 78 valence electrons. The number of hydrogen-bond acceptors (Lipinski definition) is 2. The average Bonchev–Trinajstić information content (AvgIpc) is 2.68. The molecule has 0 aliphatic carbocycles. The predicted octanol–water partition coefficient (Wildman–Crippen LogP) is 4.30. The number of rotatable bonds is 0. The Hall–Kier alpha value is -2.22. The molecule has 16 heavy (non-hydrogen) atoms. The second kappa shape index (κ2) is 3.74. The van der Waals surface area contributed by atoms with Gasteiger partial charge >= 0.3 is 0 Å². The first-order chi connectivity index (χ1) is 7.95. The van der Waals surface area contributed by atoms with Crippen molar-refractivity contribution in [1.29, 1.82) is 0 Å². The van der Waals surface area contributed by atoms with Crippen LogP contribution in [0.4, 0.5) is 0 Å². The number of fused-ring (bicyclic) bond motifs is 3. The Kier molecular flexibility index (Phi) is 2.11. The third kappa shape index (κ3) is 1.44. The normalized spacial score (nSPS) is 10.5. The van der Waals surface area contributed by atoms with Gasteiger partial charge in [-0.3, -0.25) is 0 Å².